The molecule has 94 valence electrons. The van der Waals surface area contributed by atoms with Crippen molar-refractivity contribution >= 4 is 16.0 Å². The zero-order valence-corrected chi connectivity index (χ0v) is 9.53. The number of piperidine rings is 1. The Hall–Kier alpha value is -0.700. The van der Waals surface area contributed by atoms with Crippen molar-refractivity contribution < 1.29 is 28.2 Å². The summed E-state index contributed by atoms with van der Waals surface area (Å²) < 4.78 is 30.8. The van der Waals surface area contributed by atoms with Crippen LogP contribution in [0.15, 0.2) is 0 Å². The van der Waals surface area contributed by atoms with Gasteiger partial charge in [0, 0.05) is 6.54 Å². The summed E-state index contributed by atoms with van der Waals surface area (Å²) in [6.45, 7) is 0.818. The van der Waals surface area contributed by atoms with Crippen LogP contribution in [0.25, 0.3) is 0 Å². The standard InChI is InChI=1S/C8H15N2O5S/c11-7-3-6(4-9-5-7)8(12)10-1-2-16(13,14)15/h6-7,9H,1-5H2,(H,10,12)(H,13,14,15)/q-1. The second-order valence-electron chi connectivity index (χ2n) is 3.87. The van der Waals surface area contributed by atoms with Crippen LogP contribution in [-0.4, -0.2) is 50.4 Å². The molecule has 3 N–H and O–H groups in total. The molecule has 1 aliphatic heterocycles. The molecule has 0 aliphatic carbocycles. The van der Waals surface area contributed by atoms with E-state index in [1.165, 1.54) is 0 Å². The number of carbonyl (C=O) groups is 1. The van der Waals surface area contributed by atoms with Crippen LogP contribution >= 0.6 is 0 Å². The Morgan fingerprint density at radius 1 is 1.44 bits per heavy atom. The summed E-state index contributed by atoms with van der Waals surface area (Å²) >= 11 is 0. The van der Waals surface area contributed by atoms with Crippen molar-refractivity contribution in [2.75, 3.05) is 25.4 Å². The molecule has 0 aromatic heterocycles. The molecular weight excluding hydrogens is 236 g/mol. The van der Waals surface area contributed by atoms with Gasteiger partial charge in [-0.2, -0.15) is 0 Å². The topological polar surface area (TPSA) is 126 Å². The minimum absolute atomic E-state index is 0.190. The maximum Gasteiger partial charge on any atom is 0.228 e. The van der Waals surface area contributed by atoms with Gasteiger partial charge in [-0.3, -0.25) is 4.79 Å². The Labute approximate surface area is 94.0 Å². The predicted octanol–water partition coefficient (Wildman–Crippen LogP) is -4.04. The summed E-state index contributed by atoms with van der Waals surface area (Å²) in [6, 6.07) is 0. The maximum absolute atomic E-state index is 11.5. The molecular formula is C8H15N2O5S-. The van der Waals surface area contributed by atoms with Gasteiger partial charge in [-0.15, -0.1) is 0 Å². The summed E-state index contributed by atoms with van der Waals surface area (Å²) in [5.74, 6) is -1.35. The molecule has 2 atom stereocenters. The van der Waals surface area contributed by atoms with Crippen molar-refractivity contribution in [3.05, 3.63) is 0 Å². The van der Waals surface area contributed by atoms with Gasteiger partial charge in [0.25, 0.3) is 0 Å². The number of hydrogen-bond acceptors (Lipinski definition) is 5. The lowest BCUT2D eigenvalue weighted by atomic mass is 9.97. The molecule has 1 heterocycles. The van der Waals surface area contributed by atoms with Gasteiger partial charge in [0.1, 0.15) is 0 Å². The van der Waals surface area contributed by atoms with E-state index >= 15 is 0 Å². The third-order valence-corrected chi connectivity index (χ3v) is 3.15. The highest BCUT2D eigenvalue weighted by molar-refractivity contribution is 7.85. The molecule has 0 saturated carbocycles. The first-order valence-electron chi connectivity index (χ1n) is 5.07. The van der Waals surface area contributed by atoms with E-state index < -0.39 is 22.0 Å². The molecule has 1 fully saturated rings. The lowest BCUT2D eigenvalue weighted by Crippen LogP contribution is -2.91. The van der Waals surface area contributed by atoms with Crippen LogP contribution in [0.2, 0.25) is 0 Å². The SMILES string of the molecule is O=C(NCCS(=O)(=O)[O-])C1C[NH2+]CC([O-])C1. The summed E-state index contributed by atoms with van der Waals surface area (Å²) in [7, 11) is -4.30. The van der Waals surface area contributed by atoms with E-state index in [0.29, 0.717) is 13.1 Å². The van der Waals surface area contributed by atoms with Crippen LogP contribution in [0.3, 0.4) is 0 Å². The first-order chi connectivity index (χ1) is 7.38. The van der Waals surface area contributed by atoms with Crippen molar-refractivity contribution in [3.8, 4) is 0 Å². The van der Waals surface area contributed by atoms with Crippen molar-refractivity contribution in [2.45, 2.75) is 12.5 Å². The molecule has 2 unspecified atom stereocenters. The fraction of sp³-hybridized carbons (Fsp3) is 0.875. The van der Waals surface area contributed by atoms with Crippen molar-refractivity contribution in [1.29, 1.82) is 0 Å². The zero-order valence-electron chi connectivity index (χ0n) is 8.72. The first-order valence-corrected chi connectivity index (χ1v) is 6.65. The smallest absolute Gasteiger partial charge is 0.228 e. The van der Waals surface area contributed by atoms with Crippen LogP contribution < -0.4 is 15.7 Å². The van der Waals surface area contributed by atoms with Crippen LogP contribution in [0.1, 0.15) is 6.42 Å². The third-order valence-electron chi connectivity index (χ3n) is 2.45. The molecule has 0 bridgehead atoms. The number of rotatable bonds is 4. The number of nitrogens with two attached hydrogens (primary N) is 1. The van der Waals surface area contributed by atoms with E-state index in [2.05, 4.69) is 5.32 Å². The minimum Gasteiger partial charge on any atom is -0.848 e. The van der Waals surface area contributed by atoms with E-state index in [9.17, 15) is 22.9 Å². The van der Waals surface area contributed by atoms with Gasteiger partial charge < -0.3 is 20.3 Å². The highest BCUT2D eigenvalue weighted by atomic mass is 32.2. The monoisotopic (exact) mass is 251 g/mol. The molecule has 7 nitrogen and oxygen atoms in total. The third kappa shape index (κ3) is 4.88. The fourth-order valence-electron chi connectivity index (χ4n) is 1.65. The molecule has 1 saturated heterocycles. The lowest BCUT2D eigenvalue weighted by molar-refractivity contribution is -0.696. The van der Waals surface area contributed by atoms with Crippen molar-refractivity contribution in [3.63, 3.8) is 0 Å². The number of nitrogens with one attached hydrogen (secondary N) is 1. The average molecular weight is 251 g/mol. The molecule has 8 heteroatoms. The van der Waals surface area contributed by atoms with Gasteiger partial charge in [0.2, 0.25) is 5.91 Å². The molecule has 0 spiro atoms. The largest absolute Gasteiger partial charge is 0.848 e. The van der Waals surface area contributed by atoms with Crippen LogP contribution in [0, 0.1) is 5.92 Å². The molecule has 0 aromatic rings. The maximum atomic E-state index is 11.5. The van der Waals surface area contributed by atoms with Crippen molar-refractivity contribution in [2.24, 2.45) is 5.92 Å². The molecule has 1 amide bonds. The molecule has 1 aliphatic rings. The Balaban J connectivity index is 2.29. The molecule has 1 rings (SSSR count). The number of hydrogen-bond donors (Lipinski definition) is 2. The van der Waals surface area contributed by atoms with E-state index in [-0.39, 0.29) is 24.8 Å². The highest BCUT2D eigenvalue weighted by Gasteiger charge is 2.24. The van der Waals surface area contributed by atoms with Gasteiger partial charge in [-0.1, -0.05) is 6.10 Å². The van der Waals surface area contributed by atoms with Crippen LogP contribution in [0.5, 0.6) is 0 Å². The summed E-state index contributed by atoms with van der Waals surface area (Å²) in [4.78, 5) is 11.5. The van der Waals surface area contributed by atoms with Gasteiger partial charge in [0.15, 0.2) is 0 Å². The quantitative estimate of drug-likeness (QED) is 0.492. The summed E-state index contributed by atoms with van der Waals surface area (Å²) in [5.41, 5.74) is 0. The van der Waals surface area contributed by atoms with Crippen molar-refractivity contribution in [1.82, 2.24) is 5.32 Å². The van der Waals surface area contributed by atoms with Gasteiger partial charge in [0.05, 0.1) is 34.9 Å². The number of amides is 1. The zero-order chi connectivity index (χ0) is 12.2. The molecule has 16 heavy (non-hydrogen) atoms. The summed E-state index contributed by atoms with van der Waals surface area (Å²) in [5, 5.41) is 15.3. The van der Waals surface area contributed by atoms with Gasteiger partial charge in [-0.25, -0.2) is 8.42 Å². The second kappa shape index (κ2) is 5.58. The van der Waals surface area contributed by atoms with Crippen LogP contribution in [-0.2, 0) is 14.9 Å². The minimum atomic E-state index is -4.30. The predicted molar refractivity (Wildman–Crippen MR) is 51.1 cm³/mol. The van der Waals surface area contributed by atoms with E-state index in [4.69, 9.17) is 0 Å². The highest BCUT2D eigenvalue weighted by Crippen LogP contribution is 2.05. The number of carbonyl (C=O) groups excluding carboxylic acids is 1. The lowest BCUT2D eigenvalue weighted by Gasteiger charge is -2.30. The Morgan fingerprint density at radius 2 is 2.12 bits per heavy atom. The van der Waals surface area contributed by atoms with E-state index in [1.807, 2.05) is 0 Å². The van der Waals surface area contributed by atoms with E-state index in [0.717, 1.165) is 0 Å². The average Bonchev–Trinajstić information content (AvgIpc) is 2.15. The molecule has 0 radical (unpaired) electrons. The fourth-order valence-corrected chi connectivity index (χ4v) is 2.00. The van der Waals surface area contributed by atoms with Crippen LogP contribution in [0.4, 0.5) is 0 Å². The Morgan fingerprint density at radius 3 is 2.69 bits per heavy atom. The van der Waals surface area contributed by atoms with Gasteiger partial charge in [-0.05, 0) is 6.42 Å². The number of quaternary nitrogens is 1. The second-order valence-corrected chi connectivity index (χ2v) is 5.39. The first kappa shape index (κ1) is 13.4. The van der Waals surface area contributed by atoms with Gasteiger partial charge >= 0.3 is 0 Å². The molecule has 0 aromatic carbocycles. The Kier molecular flexibility index (Phi) is 4.66. The summed E-state index contributed by atoms with van der Waals surface area (Å²) in [6.07, 6.45) is -0.486. The van der Waals surface area contributed by atoms with E-state index in [1.54, 1.807) is 5.32 Å². The normalized spacial score (nSPS) is 26.4. The Bertz CT molecular complexity index is 342.